The van der Waals surface area contributed by atoms with Gasteiger partial charge in [-0.05, 0) is 19.9 Å². The van der Waals surface area contributed by atoms with Crippen molar-refractivity contribution in [3.05, 3.63) is 42.5 Å². The number of pyridine rings is 1. The highest BCUT2D eigenvalue weighted by molar-refractivity contribution is 5.37. The van der Waals surface area contributed by atoms with Gasteiger partial charge in [-0.2, -0.15) is 13.2 Å². The van der Waals surface area contributed by atoms with Gasteiger partial charge in [-0.15, -0.1) is 0 Å². The summed E-state index contributed by atoms with van der Waals surface area (Å²) in [4.78, 5) is 13.9. The first-order valence-electron chi connectivity index (χ1n) is 8.79. The van der Waals surface area contributed by atoms with Crippen LogP contribution in [-0.2, 0) is 15.7 Å². The van der Waals surface area contributed by atoms with Crippen LogP contribution in [0.4, 0.5) is 19.0 Å². The van der Waals surface area contributed by atoms with Gasteiger partial charge in [0.05, 0.1) is 12.7 Å². The Kier molecular flexibility index (Phi) is 4.62. The number of hydrogen-bond donors (Lipinski definition) is 0. The van der Waals surface area contributed by atoms with Crippen LogP contribution in [-0.4, -0.2) is 52.1 Å². The normalized spacial score (nSPS) is 26.8. The van der Waals surface area contributed by atoms with Gasteiger partial charge >= 0.3 is 6.18 Å². The monoisotopic (exact) mass is 396 g/mol. The van der Waals surface area contributed by atoms with E-state index in [2.05, 4.69) is 15.0 Å². The number of fused-ring (bicyclic) bond motifs is 1. The molecule has 2 fully saturated rings. The van der Waals surface area contributed by atoms with Gasteiger partial charge in [0.25, 0.3) is 0 Å². The zero-order valence-electron chi connectivity index (χ0n) is 15.3. The molecule has 2 aromatic rings. The van der Waals surface area contributed by atoms with E-state index in [0.717, 1.165) is 6.07 Å². The quantitative estimate of drug-likeness (QED) is 0.790. The molecule has 0 bridgehead atoms. The fourth-order valence-electron chi connectivity index (χ4n) is 3.47. The van der Waals surface area contributed by atoms with Crippen LogP contribution in [0.25, 0.3) is 0 Å². The molecule has 0 aliphatic carbocycles. The average Bonchev–Trinajstić information content (AvgIpc) is 2.96. The van der Waals surface area contributed by atoms with Gasteiger partial charge in [-0.25, -0.2) is 9.97 Å². The van der Waals surface area contributed by atoms with E-state index >= 15 is 0 Å². The lowest BCUT2D eigenvalue weighted by atomic mass is 10.0. The topological polar surface area (TPSA) is 69.6 Å². The second kappa shape index (κ2) is 6.85. The van der Waals surface area contributed by atoms with Crippen LogP contribution in [0.15, 0.2) is 36.8 Å². The third kappa shape index (κ3) is 3.88. The Morgan fingerprint density at radius 2 is 2.00 bits per heavy atom. The number of piperidine rings is 1. The van der Waals surface area contributed by atoms with E-state index in [0.29, 0.717) is 18.9 Å². The molecule has 3 atom stereocenters. The molecule has 7 nitrogen and oxygen atoms in total. The van der Waals surface area contributed by atoms with Crippen LogP contribution in [0, 0.1) is 0 Å². The molecule has 0 aromatic carbocycles. The number of alkyl halides is 3. The fraction of sp³-hybridized carbons (Fsp3) is 0.500. The number of aromatic nitrogens is 3. The van der Waals surface area contributed by atoms with Gasteiger partial charge in [0.2, 0.25) is 5.88 Å². The summed E-state index contributed by atoms with van der Waals surface area (Å²) in [5.41, 5.74) is -1.01. The van der Waals surface area contributed by atoms with E-state index in [9.17, 15) is 13.2 Å². The standard InChI is InChI=1S/C18H19F3N4O3/c1-17(2)27-12-10-25(14-8-22-6-7-23-14)9-11(16(12)28-17)26-15-5-3-4-13(24-15)18(19,20)21/h3-8,11-12,16H,9-10H2,1-2H3/t11-,12-,16+/m0/s1. The number of nitrogens with zero attached hydrogens (tertiary/aromatic N) is 4. The first kappa shape index (κ1) is 18.9. The first-order chi connectivity index (χ1) is 13.2. The van der Waals surface area contributed by atoms with E-state index in [1.54, 1.807) is 32.4 Å². The van der Waals surface area contributed by atoms with E-state index in [1.165, 1.54) is 12.1 Å². The Bertz CT molecular complexity index is 834. The van der Waals surface area contributed by atoms with Crippen molar-refractivity contribution in [3.8, 4) is 5.88 Å². The molecule has 10 heteroatoms. The minimum absolute atomic E-state index is 0.118. The van der Waals surface area contributed by atoms with Crippen molar-refractivity contribution in [3.63, 3.8) is 0 Å². The van der Waals surface area contributed by atoms with Gasteiger partial charge in [-0.3, -0.25) is 4.98 Å². The zero-order valence-corrected chi connectivity index (χ0v) is 15.3. The van der Waals surface area contributed by atoms with Gasteiger partial charge < -0.3 is 19.1 Å². The minimum Gasteiger partial charge on any atom is -0.470 e. The van der Waals surface area contributed by atoms with Gasteiger partial charge in [0.1, 0.15) is 29.8 Å². The number of halogens is 3. The van der Waals surface area contributed by atoms with Gasteiger partial charge in [0, 0.05) is 25.0 Å². The zero-order chi connectivity index (χ0) is 19.9. The predicted molar refractivity (Wildman–Crippen MR) is 91.7 cm³/mol. The maximum atomic E-state index is 13.0. The highest BCUT2D eigenvalue weighted by atomic mass is 19.4. The van der Waals surface area contributed by atoms with Crippen molar-refractivity contribution >= 4 is 5.82 Å². The molecule has 0 N–H and O–H groups in total. The summed E-state index contributed by atoms with van der Waals surface area (Å²) in [5.74, 6) is -0.316. The lowest BCUT2D eigenvalue weighted by Gasteiger charge is -2.38. The van der Waals surface area contributed by atoms with Crippen LogP contribution >= 0.6 is 0 Å². The molecular weight excluding hydrogens is 377 g/mol. The maximum absolute atomic E-state index is 13.0. The molecule has 2 aromatic heterocycles. The number of hydrogen-bond acceptors (Lipinski definition) is 7. The summed E-state index contributed by atoms with van der Waals surface area (Å²) in [5, 5.41) is 0. The van der Waals surface area contributed by atoms with Crippen LogP contribution in [0.5, 0.6) is 5.88 Å². The highest BCUT2D eigenvalue weighted by Gasteiger charge is 2.50. The van der Waals surface area contributed by atoms with E-state index < -0.39 is 29.9 Å². The Labute approximate surface area is 159 Å². The molecule has 0 unspecified atom stereocenters. The predicted octanol–water partition coefficient (Wildman–Crippen LogP) is 2.68. The summed E-state index contributed by atoms with van der Waals surface area (Å²) < 4.78 is 56.6. The molecule has 2 saturated heterocycles. The molecule has 28 heavy (non-hydrogen) atoms. The fourth-order valence-corrected chi connectivity index (χ4v) is 3.47. The maximum Gasteiger partial charge on any atom is 0.433 e. The second-order valence-electron chi connectivity index (χ2n) is 7.12. The molecule has 0 radical (unpaired) electrons. The molecule has 2 aliphatic rings. The summed E-state index contributed by atoms with van der Waals surface area (Å²) in [6.45, 7) is 4.43. The van der Waals surface area contributed by atoms with Crippen LogP contribution in [0.2, 0.25) is 0 Å². The van der Waals surface area contributed by atoms with Crippen LogP contribution in [0.3, 0.4) is 0 Å². The summed E-state index contributed by atoms with van der Waals surface area (Å²) in [7, 11) is 0. The third-order valence-corrected chi connectivity index (χ3v) is 4.55. The van der Waals surface area contributed by atoms with E-state index in [-0.39, 0.29) is 12.0 Å². The molecule has 4 rings (SSSR count). The lowest BCUT2D eigenvalue weighted by molar-refractivity contribution is -0.151. The smallest absolute Gasteiger partial charge is 0.433 e. The van der Waals surface area contributed by atoms with Crippen molar-refractivity contribution in [1.29, 1.82) is 0 Å². The molecular formula is C18H19F3N4O3. The van der Waals surface area contributed by atoms with Gasteiger partial charge in [0.15, 0.2) is 5.79 Å². The van der Waals surface area contributed by atoms with Gasteiger partial charge in [-0.1, -0.05) is 6.07 Å². The Morgan fingerprint density at radius 3 is 2.71 bits per heavy atom. The largest absolute Gasteiger partial charge is 0.470 e. The van der Waals surface area contributed by atoms with E-state index in [1.807, 2.05) is 4.90 Å². The second-order valence-corrected chi connectivity index (χ2v) is 7.12. The first-order valence-corrected chi connectivity index (χ1v) is 8.79. The third-order valence-electron chi connectivity index (χ3n) is 4.55. The van der Waals surface area contributed by atoms with Crippen LogP contribution < -0.4 is 9.64 Å². The van der Waals surface area contributed by atoms with Crippen molar-refractivity contribution in [2.45, 2.75) is 44.1 Å². The molecule has 4 heterocycles. The number of ether oxygens (including phenoxy) is 3. The van der Waals surface area contributed by atoms with Crippen molar-refractivity contribution in [2.75, 3.05) is 18.0 Å². The highest BCUT2D eigenvalue weighted by Crippen LogP contribution is 2.36. The Balaban J connectivity index is 1.60. The average molecular weight is 396 g/mol. The molecule has 2 aliphatic heterocycles. The van der Waals surface area contributed by atoms with Crippen molar-refractivity contribution in [1.82, 2.24) is 15.0 Å². The summed E-state index contributed by atoms with van der Waals surface area (Å²) >= 11 is 0. The van der Waals surface area contributed by atoms with Crippen LogP contribution in [0.1, 0.15) is 19.5 Å². The lowest BCUT2D eigenvalue weighted by Crippen LogP contribution is -2.56. The Morgan fingerprint density at radius 1 is 1.18 bits per heavy atom. The van der Waals surface area contributed by atoms with E-state index in [4.69, 9.17) is 14.2 Å². The van der Waals surface area contributed by atoms with Crippen molar-refractivity contribution in [2.24, 2.45) is 0 Å². The number of anilines is 1. The minimum atomic E-state index is -4.55. The number of rotatable bonds is 3. The summed E-state index contributed by atoms with van der Waals surface area (Å²) in [6, 6.07) is 3.56. The molecule has 150 valence electrons. The SMILES string of the molecule is CC1(C)O[C@@H]2[C@@H](Oc3cccc(C(F)(F)F)n3)CN(c3cnccn3)C[C@@H]2O1. The molecule has 0 amide bonds. The Hall–Kier alpha value is -2.46. The molecule has 0 saturated carbocycles. The van der Waals surface area contributed by atoms with Crippen molar-refractivity contribution < 1.29 is 27.4 Å². The molecule has 0 spiro atoms. The summed E-state index contributed by atoms with van der Waals surface area (Å²) in [6.07, 6.45) is -1.17.